The van der Waals surface area contributed by atoms with Crippen molar-refractivity contribution in [2.45, 2.75) is 51.0 Å². The van der Waals surface area contributed by atoms with Gasteiger partial charge < -0.3 is 10.6 Å². The molecule has 2 atom stereocenters. The summed E-state index contributed by atoms with van der Waals surface area (Å²) in [5, 5.41) is 0. The zero-order chi connectivity index (χ0) is 14.2. The highest BCUT2D eigenvalue weighted by Crippen LogP contribution is 2.43. The van der Waals surface area contributed by atoms with E-state index in [1.807, 2.05) is 6.07 Å². The van der Waals surface area contributed by atoms with Crippen LogP contribution in [0.25, 0.3) is 0 Å². The van der Waals surface area contributed by atoms with Gasteiger partial charge in [0, 0.05) is 18.8 Å². The standard InChI is InChI=1S/C17H25FN2/c1-2-13-4-3-8-17(11-13,12-19)20-9-7-14-5-6-15(18)10-16(14)20/h5-6,10,13H,2-4,7-9,11-12,19H2,1H3. The number of rotatable bonds is 3. The molecule has 110 valence electrons. The van der Waals surface area contributed by atoms with Gasteiger partial charge >= 0.3 is 0 Å². The van der Waals surface area contributed by atoms with Crippen LogP contribution in [-0.4, -0.2) is 18.6 Å². The summed E-state index contributed by atoms with van der Waals surface area (Å²) in [4.78, 5) is 2.42. The zero-order valence-electron chi connectivity index (χ0n) is 12.4. The van der Waals surface area contributed by atoms with Gasteiger partial charge in [-0.2, -0.15) is 0 Å². The average Bonchev–Trinajstić information content (AvgIpc) is 2.90. The Morgan fingerprint density at radius 2 is 2.30 bits per heavy atom. The quantitative estimate of drug-likeness (QED) is 0.915. The highest BCUT2D eigenvalue weighted by Gasteiger charge is 2.42. The summed E-state index contributed by atoms with van der Waals surface area (Å²) in [6.45, 7) is 3.95. The van der Waals surface area contributed by atoms with Crippen LogP contribution in [0.3, 0.4) is 0 Å². The van der Waals surface area contributed by atoms with E-state index in [9.17, 15) is 4.39 Å². The van der Waals surface area contributed by atoms with E-state index in [0.717, 1.165) is 37.4 Å². The van der Waals surface area contributed by atoms with Crippen LogP contribution < -0.4 is 10.6 Å². The molecule has 2 unspecified atom stereocenters. The second kappa shape index (κ2) is 5.36. The lowest BCUT2D eigenvalue weighted by Crippen LogP contribution is -2.56. The van der Waals surface area contributed by atoms with E-state index in [4.69, 9.17) is 5.73 Å². The van der Waals surface area contributed by atoms with Gasteiger partial charge in [-0.3, -0.25) is 0 Å². The Morgan fingerprint density at radius 3 is 3.05 bits per heavy atom. The third kappa shape index (κ3) is 2.22. The summed E-state index contributed by atoms with van der Waals surface area (Å²) in [6, 6.07) is 5.22. The predicted octanol–water partition coefficient (Wildman–Crippen LogP) is 3.49. The number of nitrogens with two attached hydrogens (primary N) is 1. The first-order chi connectivity index (χ1) is 9.68. The van der Waals surface area contributed by atoms with Crippen LogP contribution in [0, 0.1) is 11.7 Å². The van der Waals surface area contributed by atoms with Crippen molar-refractivity contribution in [2.24, 2.45) is 11.7 Å². The molecule has 3 heteroatoms. The highest BCUT2D eigenvalue weighted by atomic mass is 19.1. The van der Waals surface area contributed by atoms with Gasteiger partial charge in [-0.05, 0) is 42.9 Å². The lowest BCUT2D eigenvalue weighted by molar-refractivity contribution is 0.214. The molecule has 2 N–H and O–H groups in total. The van der Waals surface area contributed by atoms with Crippen LogP contribution in [0.15, 0.2) is 18.2 Å². The van der Waals surface area contributed by atoms with Crippen LogP contribution in [0.2, 0.25) is 0 Å². The highest BCUT2D eigenvalue weighted by molar-refractivity contribution is 5.60. The molecular formula is C17H25FN2. The molecule has 0 amide bonds. The number of hydrogen-bond acceptors (Lipinski definition) is 2. The lowest BCUT2D eigenvalue weighted by atomic mass is 9.73. The van der Waals surface area contributed by atoms with Crippen molar-refractivity contribution in [3.8, 4) is 0 Å². The molecule has 0 saturated heterocycles. The topological polar surface area (TPSA) is 29.3 Å². The molecule has 0 radical (unpaired) electrons. The maximum atomic E-state index is 13.6. The third-order valence-electron chi connectivity index (χ3n) is 5.40. The zero-order valence-corrected chi connectivity index (χ0v) is 12.4. The van der Waals surface area contributed by atoms with Crippen molar-refractivity contribution in [2.75, 3.05) is 18.0 Å². The lowest BCUT2D eigenvalue weighted by Gasteiger charge is -2.48. The molecule has 0 spiro atoms. The van der Waals surface area contributed by atoms with Gasteiger partial charge in [0.15, 0.2) is 0 Å². The number of benzene rings is 1. The van der Waals surface area contributed by atoms with E-state index in [1.54, 1.807) is 12.1 Å². The maximum Gasteiger partial charge on any atom is 0.125 e. The second-order valence-corrected chi connectivity index (χ2v) is 6.47. The monoisotopic (exact) mass is 276 g/mol. The third-order valence-corrected chi connectivity index (χ3v) is 5.40. The number of halogens is 1. The van der Waals surface area contributed by atoms with E-state index in [-0.39, 0.29) is 11.4 Å². The predicted molar refractivity (Wildman–Crippen MR) is 81.5 cm³/mol. The Kier molecular flexibility index (Phi) is 3.72. The molecular weight excluding hydrogens is 251 g/mol. The van der Waals surface area contributed by atoms with Gasteiger partial charge in [-0.15, -0.1) is 0 Å². The largest absolute Gasteiger partial charge is 0.364 e. The summed E-state index contributed by atoms with van der Waals surface area (Å²) in [5.41, 5.74) is 8.61. The minimum absolute atomic E-state index is 0.0535. The maximum absolute atomic E-state index is 13.6. The molecule has 20 heavy (non-hydrogen) atoms. The molecule has 2 nitrogen and oxygen atoms in total. The fraction of sp³-hybridized carbons (Fsp3) is 0.647. The summed E-state index contributed by atoms with van der Waals surface area (Å²) in [5.74, 6) is 0.635. The van der Waals surface area contributed by atoms with Crippen LogP contribution in [0.4, 0.5) is 10.1 Å². The minimum Gasteiger partial charge on any atom is -0.364 e. The van der Waals surface area contributed by atoms with Gasteiger partial charge in [-0.25, -0.2) is 4.39 Å². The molecule has 1 aromatic rings. The molecule has 1 fully saturated rings. The summed E-state index contributed by atoms with van der Waals surface area (Å²) in [6.07, 6.45) is 7.13. The minimum atomic E-state index is -0.134. The molecule has 1 aromatic carbocycles. The fourth-order valence-corrected chi connectivity index (χ4v) is 4.20. The van der Waals surface area contributed by atoms with Crippen molar-refractivity contribution in [3.05, 3.63) is 29.6 Å². The fourth-order valence-electron chi connectivity index (χ4n) is 4.20. The molecule has 1 aliphatic carbocycles. The van der Waals surface area contributed by atoms with Crippen molar-refractivity contribution in [1.29, 1.82) is 0 Å². The normalized spacial score (nSPS) is 29.6. The smallest absolute Gasteiger partial charge is 0.125 e. The van der Waals surface area contributed by atoms with Crippen LogP contribution in [0.5, 0.6) is 0 Å². The van der Waals surface area contributed by atoms with E-state index < -0.39 is 0 Å². The van der Waals surface area contributed by atoms with Gasteiger partial charge in [0.1, 0.15) is 5.82 Å². The van der Waals surface area contributed by atoms with Crippen molar-refractivity contribution in [3.63, 3.8) is 0 Å². The molecule has 2 aliphatic rings. The first kappa shape index (κ1) is 13.9. The van der Waals surface area contributed by atoms with Crippen molar-refractivity contribution >= 4 is 5.69 Å². The van der Waals surface area contributed by atoms with E-state index >= 15 is 0 Å². The van der Waals surface area contributed by atoms with E-state index in [2.05, 4.69) is 11.8 Å². The number of anilines is 1. The summed E-state index contributed by atoms with van der Waals surface area (Å²) in [7, 11) is 0. The van der Waals surface area contributed by atoms with Crippen LogP contribution in [-0.2, 0) is 6.42 Å². The van der Waals surface area contributed by atoms with Gasteiger partial charge in [0.05, 0.1) is 5.54 Å². The molecule has 0 bridgehead atoms. The van der Waals surface area contributed by atoms with Gasteiger partial charge in [0.25, 0.3) is 0 Å². The molecule has 1 heterocycles. The molecule has 1 saturated carbocycles. The van der Waals surface area contributed by atoms with Crippen LogP contribution >= 0.6 is 0 Å². The average molecular weight is 276 g/mol. The summed E-state index contributed by atoms with van der Waals surface area (Å²) < 4.78 is 13.6. The van der Waals surface area contributed by atoms with Crippen LogP contribution in [0.1, 0.15) is 44.6 Å². The van der Waals surface area contributed by atoms with Crippen molar-refractivity contribution in [1.82, 2.24) is 0 Å². The first-order valence-electron chi connectivity index (χ1n) is 7.94. The summed E-state index contributed by atoms with van der Waals surface area (Å²) >= 11 is 0. The Morgan fingerprint density at radius 1 is 1.45 bits per heavy atom. The SMILES string of the molecule is CCC1CCCC(CN)(N2CCc3ccc(F)cc32)C1. The molecule has 1 aliphatic heterocycles. The number of hydrogen-bond donors (Lipinski definition) is 1. The Bertz CT molecular complexity index is 488. The van der Waals surface area contributed by atoms with E-state index in [1.165, 1.54) is 24.8 Å². The molecule has 0 aromatic heterocycles. The van der Waals surface area contributed by atoms with Gasteiger partial charge in [0.2, 0.25) is 0 Å². The number of fused-ring (bicyclic) bond motifs is 1. The second-order valence-electron chi connectivity index (χ2n) is 6.47. The van der Waals surface area contributed by atoms with Gasteiger partial charge in [-0.1, -0.05) is 32.3 Å². The number of nitrogens with zero attached hydrogens (tertiary/aromatic N) is 1. The van der Waals surface area contributed by atoms with E-state index in [0.29, 0.717) is 6.54 Å². The van der Waals surface area contributed by atoms with Crippen molar-refractivity contribution < 1.29 is 4.39 Å². The Hall–Kier alpha value is -1.09. The molecule has 3 rings (SSSR count). The Labute approximate surface area is 121 Å². The Balaban J connectivity index is 1.93. The first-order valence-corrected chi connectivity index (χ1v) is 7.94.